The zero-order valence-corrected chi connectivity index (χ0v) is 13.3. The fraction of sp³-hybridized carbons (Fsp3) is 0.500. The number of hydrogen-bond donors (Lipinski definition) is 0. The van der Waals surface area contributed by atoms with Gasteiger partial charge in [-0.1, -0.05) is 23.2 Å². The molecular weight excluding hydrogens is 319 g/mol. The topological polar surface area (TPSA) is 27.1 Å². The van der Waals surface area contributed by atoms with Crippen LogP contribution in [0.1, 0.15) is 37.0 Å². The van der Waals surface area contributed by atoms with Gasteiger partial charge in [0.1, 0.15) is 5.82 Å². The molecule has 6 heteroatoms. The molecule has 20 heavy (non-hydrogen) atoms. The lowest BCUT2D eigenvalue weighted by molar-refractivity contribution is 0.0595. The van der Waals surface area contributed by atoms with Gasteiger partial charge in [0.2, 0.25) is 0 Å². The number of alkyl halides is 1. The van der Waals surface area contributed by atoms with Gasteiger partial charge < -0.3 is 9.30 Å². The molecule has 0 saturated carbocycles. The van der Waals surface area contributed by atoms with Crippen molar-refractivity contribution in [2.45, 2.75) is 31.2 Å². The fourth-order valence-corrected chi connectivity index (χ4v) is 3.17. The molecule has 3 rings (SSSR count). The molecule has 3 nitrogen and oxygen atoms in total. The second-order valence-electron chi connectivity index (χ2n) is 5.08. The Hall–Kier alpha value is -0.480. The third kappa shape index (κ3) is 2.52. The molecule has 0 bridgehead atoms. The number of benzene rings is 1. The molecule has 2 atom stereocenters. The predicted octanol–water partition coefficient (Wildman–Crippen LogP) is 4.99. The number of nitrogens with zero attached hydrogens (tertiary/aromatic N) is 2. The Balaban J connectivity index is 2.20. The normalized spacial score (nSPS) is 21.3. The molecule has 1 aliphatic heterocycles. The van der Waals surface area contributed by atoms with Crippen molar-refractivity contribution >= 4 is 45.8 Å². The largest absolute Gasteiger partial charge is 0.379 e. The molecule has 0 radical (unpaired) electrons. The summed E-state index contributed by atoms with van der Waals surface area (Å²) in [6.45, 7) is 3.43. The highest BCUT2D eigenvalue weighted by Gasteiger charge is 2.24. The second-order valence-corrected chi connectivity index (χ2v) is 6.55. The quantitative estimate of drug-likeness (QED) is 0.724. The highest BCUT2D eigenvalue weighted by molar-refractivity contribution is 6.42. The van der Waals surface area contributed by atoms with Crippen LogP contribution in [-0.4, -0.2) is 22.8 Å². The molecule has 1 aliphatic rings. The van der Waals surface area contributed by atoms with Gasteiger partial charge in [-0.15, -0.1) is 11.6 Å². The van der Waals surface area contributed by atoms with E-state index >= 15 is 0 Å². The maximum absolute atomic E-state index is 6.29. The first-order valence-corrected chi connectivity index (χ1v) is 7.86. The summed E-state index contributed by atoms with van der Waals surface area (Å²) in [6, 6.07) is 3.91. The zero-order valence-electron chi connectivity index (χ0n) is 11.1. The van der Waals surface area contributed by atoms with Crippen molar-refractivity contribution in [1.82, 2.24) is 9.55 Å². The Labute approximate surface area is 132 Å². The maximum atomic E-state index is 6.29. The van der Waals surface area contributed by atoms with Crippen molar-refractivity contribution in [2.24, 2.45) is 0 Å². The van der Waals surface area contributed by atoms with Crippen molar-refractivity contribution in [2.75, 3.05) is 13.2 Å². The Bertz CT molecular complexity index is 633. The van der Waals surface area contributed by atoms with E-state index in [0.717, 1.165) is 36.3 Å². The average Bonchev–Trinajstić information content (AvgIpc) is 2.79. The lowest BCUT2D eigenvalue weighted by Gasteiger charge is -2.26. The van der Waals surface area contributed by atoms with E-state index in [1.807, 2.05) is 13.0 Å². The maximum Gasteiger partial charge on any atom is 0.128 e. The Morgan fingerprint density at radius 2 is 2.10 bits per heavy atom. The number of fused-ring (bicyclic) bond motifs is 1. The van der Waals surface area contributed by atoms with Gasteiger partial charge in [-0.05, 0) is 31.9 Å². The van der Waals surface area contributed by atoms with Crippen molar-refractivity contribution in [1.29, 1.82) is 0 Å². The van der Waals surface area contributed by atoms with Crippen LogP contribution in [0.15, 0.2) is 12.1 Å². The molecule has 1 saturated heterocycles. The average molecular weight is 334 g/mol. The molecule has 108 valence electrons. The van der Waals surface area contributed by atoms with Crippen LogP contribution < -0.4 is 0 Å². The molecule has 2 heterocycles. The predicted molar refractivity (Wildman–Crippen MR) is 83.1 cm³/mol. The third-order valence-electron chi connectivity index (χ3n) is 3.62. The molecule has 0 amide bonds. The van der Waals surface area contributed by atoms with E-state index in [-0.39, 0.29) is 11.4 Å². The van der Waals surface area contributed by atoms with E-state index in [9.17, 15) is 0 Å². The van der Waals surface area contributed by atoms with Crippen LogP contribution in [0, 0.1) is 0 Å². The summed E-state index contributed by atoms with van der Waals surface area (Å²) in [5, 5.41) is 0.866. The van der Waals surface area contributed by atoms with E-state index in [1.165, 1.54) is 0 Å². The zero-order chi connectivity index (χ0) is 14.3. The van der Waals surface area contributed by atoms with Gasteiger partial charge in [0.25, 0.3) is 0 Å². The minimum atomic E-state index is -0.179. The van der Waals surface area contributed by atoms with Crippen LogP contribution in [0.5, 0.6) is 0 Å². The summed E-state index contributed by atoms with van der Waals surface area (Å²) in [5.41, 5.74) is 1.80. The van der Waals surface area contributed by atoms with Gasteiger partial charge >= 0.3 is 0 Å². The van der Waals surface area contributed by atoms with Gasteiger partial charge in [0, 0.05) is 6.61 Å². The van der Waals surface area contributed by atoms with Crippen LogP contribution in [-0.2, 0) is 4.74 Å². The molecule has 1 aromatic heterocycles. The van der Waals surface area contributed by atoms with Crippen molar-refractivity contribution < 1.29 is 4.74 Å². The van der Waals surface area contributed by atoms with Gasteiger partial charge in [0.15, 0.2) is 0 Å². The van der Waals surface area contributed by atoms with Crippen molar-refractivity contribution in [3.05, 3.63) is 28.0 Å². The summed E-state index contributed by atoms with van der Waals surface area (Å²) in [5.74, 6) is 0.843. The van der Waals surface area contributed by atoms with E-state index in [1.54, 1.807) is 6.07 Å². The molecule has 0 spiro atoms. The summed E-state index contributed by atoms with van der Waals surface area (Å²) < 4.78 is 7.75. The first kappa shape index (κ1) is 14.5. The number of rotatable bonds is 2. The first-order valence-electron chi connectivity index (χ1n) is 6.66. The molecule has 2 aromatic rings. The lowest BCUT2D eigenvalue weighted by Crippen LogP contribution is -2.23. The SMILES string of the molecule is CC(Cl)c1nc2cc(Cl)c(Cl)cc2n1C1CCCOC1. The van der Waals surface area contributed by atoms with Gasteiger partial charge in [-0.2, -0.15) is 0 Å². The van der Waals surface area contributed by atoms with Crippen LogP contribution in [0.2, 0.25) is 10.0 Å². The third-order valence-corrected chi connectivity index (χ3v) is 4.53. The molecule has 1 fully saturated rings. The van der Waals surface area contributed by atoms with E-state index in [0.29, 0.717) is 16.7 Å². The first-order chi connectivity index (χ1) is 9.58. The summed E-state index contributed by atoms with van der Waals surface area (Å²) in [4.78, 5) is 4.62. The van der Waals surface area contributed by atoms with Gasteiger partial charge in [-0.3, -0.25) is 0 Å². The van der Waals surface area contributed by atoms with Crippen LogP contribution in [0.25, 0.3) is 11.0 Å². The smallest absolute Gasteiger partial charge is 0.128 e. The minimum absolute atomic E-state index is 0.179. The summed E-state index contributed by atoms with van der Waals surface area (Å²) in [7, 11) is 0. The van der Waals surface area contributed by atoms with Crippen LogP contribution in [0.3, 0.4) is 0 Å². The highest BCUT2D eigenvalue weighted by Crippen LogP contribution is 2.35. The van der Waals surface area contributed by atoms with Crippen molar-refractivity contribution in [3.8, 4) is 0 Å². The lowest BCUT2D eigenvalue weighted by atomic mass is 10.1. The Morgan fingerprint density at radius 1 is 1.35 bits per heavy atom. The van der Waals surface area contributed by atoms with Crippen LogP contribution >= 0.6 is 34.8 Å². The summed E-state index contributed by atoms with van der Waals surface area (Å²) >= 11 is 18.5. The Kier molecular flexibility index (Phi) is 4.14. The Morgan fingerprint density at radius 3 is 2.75 bits per heavy atom. The van der Waals surface area contributed by atoms with E-state index in [4.69, 9.17) is 39.5 Å². The number of hydrogen-bond acceptors (Lipinski definition) is 2. The van der Waals surface area contributed by atoms with Gasteiger partial charge in [0.05, 0.1) is 39.1 Å². The van der Waals surface area contributed by atoms with Crippen molar-refractivity contribution in [3.63, 3.8) is 0 Å². The van der Waals surface area contributed by atoms with E-state index < -0.39 is 0 Å². The standard InChI is InChI=1S/C14H15Cl3N2O/c1-8(15)14-18-12-5-10(16)11(17)6-13(12)19(14)9-3-2-4-20-7-9/h5-6,8-9H,2-4,7H2,1H3. The molecule has 2 unspecified atom stereocenters. The number of halogens is 3. The number of aromatic nitrogens is 2. The molecule has 0 aliphatic carbocycles. The summed E-state index contributed by atoms with van der Waals surface area (Å²) in [6.07, 6.45) is 2.10. The fourth-order valence-electron chi connectivity index (χ4n) is 2.70. The monoisotopic (exact) mass is 332 g/mol. The number of ether oxygens (including phenoxy) is 1. The molecule has 1 aromatic carbocycles. The van der Waals surface area contributed by atoms with Crippen LogP contribution in [0.4, 0.5) is 0 Å². The van der Waals surface area contributed by atoms with E-state index in [2.05, 4.69) is 9.55 Å². The second kappa shape index (κ2) is 5.72. The number of imidazole rings is 1. The minimum Gasteiger partial charge on any atom is -0.379 e. The van der Waals surface area contributed by atoms with Gasteiger partial charge in [-0.25, -0.2) is 4.98 Å². The molecule has 0 N–H and O–H groups in total. The highest BCUT2D eigenvalue weighted by atomic mass is 35.5. The molecular formula is C14H15Cl3N2O.